The molecule has 1 aliphatic rings. The summed E-state index contributed by atoms with van der Waals surface area (Å²) in [5, 5.41) is 6.82. The van der Waals surface area contributed by atoms with Gasteiger partial charge in [0.05, 0.1) is 25.3 Å². The molecule has 1 fully saturated rings. The van der Waals surface area contributed by atoms with Gasteiger partial charge in [-0.1, -0.05) is 17.7 Å². The van der Waals surface area contributed by atoms with Crippen LogP contribution in [0.15, 0.2) is 23.2 Å². The molecule has 7 heteroatoms. The minimum absolute atomic E-state index is 0. The summed E-state index contributed by atoms with van der Waals surface area (Å²) in [7, 11) is 3.47. The molecule has 0 spiro atoms. The third kappa shape index (κ3) is 6.80. The number of hydrogen-bond donors (Lipinski definition) is 2. The average Bonchev–Trinajstić information content (AvgIpc) is 2.67. The monoisotopic (exact) mass is 491 g/mol. The maximum atomic E-state index is 5.79. The molecule has 1 aromatic rings. The van der Waals surface area contributed by atoms with Gasteiger partial charge in [-0.05, 0) is 26.8 Å². The first-order chi connectivity index (χ1) is 12.5. The molecule has 0 saturated carbocycles. The van der Waals surface area contributed by atoms with Gasteiger partial charge in [-0.25, -0.2) is 0 Å². The predicted octanol–water partition coefficient (Wildman–Crippen LogP) is 3.43. The second kappa shape index (κ2) is 11.7. The lowest BCUT2D eigenvalue weighted by Gasteiger charge is -2.34. The van der Waals surface area contributed by atoms with Gasteiger partial charge in [-0.2, -0.15) is 0 Å². The fourth-order valence-corrected chi connectivity index (χ4v) is 3.19. The topological polar surface area (TPSA) is 64.1 Å². The summed E-state index contributed by atoms with van der Waals surface area (Å²) in [5.41, 5.74) is 2.09. The maximum absolute atomic E-state index is 5.79. The van der Waals surface area contributed by atoms with E-state index in [0.717, 1.165) is 49.9 Å². The van der Waals surface area contributed by atoms with Crippen LogP contribution in [0.4, 0.5) is 0 Å². The minimum atomic E-state index is -0.231. The van der Waals surface area contributed by atoms with Crippen LogP contribution in [0.5, 0.6) is 5.75 Å². The third-order valence-corrected chi connectivity index (χ3v) is 4.91. The first-order valence-electron chi connectivity index (χ1n) is 9.36. The van der Waals surface area contributed by atoms with Crippen molar-refractivity contribution in [1.29, 1.82) is 0 Å². The number of guanidine groups is 1. The Morgan fingerprint density at radius 3 is 2.59 bits per heavy atom. The molecule has 1 heterocycles. The van der Waals surface area contributed by atoms with E-state index in [4.69, 9.17) is 19.2 Å². The number of benzene rings is 1. The standard InChI is InChI=1S/C20H33N3O3.HI/c1-6-21-19(22-14-20(25-5)9-11-26-12-10-20)23-16(3)17-13-15(2)7-8-18(17)24-4;/h7-8,13,16H,6,9-12,14H2,1-5H3,(H2,21,22,23);1H. The molecule has 1 aliphatic heterocycles. The van der Waals surface area contributed by atoms with Crippen molar-refractivity contribution >= 4 is 29.9 Å². The number of hydrogen-bond acceptors (Lipinski definition) is 4. The van der Waals surface area contributed by atoms with Gasteiger partial charge in [0.15, 0.2) is 5.96 Å². The van der Waals surface area contributed by atoms with Gasteiger partial charge >= 0.3 is 0 Å². The van der Waals surface area contributed by atoms with E-state index >= 15 is 0 Å². The second-order valence-electron chi connectivity index (χ2n) is 6.81. The smallest absolute Gasteiger partial charge is 0.191 e. The average molecular weight is 491 g/mol. The fourth-order valence-electron chi connectivity index (χ4n) is 3.19. The van der Waals surface area contributed by atoms with Crippen molar-refractivity contribution in [2.75, 3.05) is 40.5 Å². The molecule has 2 N–H and O–H groups in total. The maximum Gasteiger partial charge on any atom is 0.191 e. The molecule has 1 atom stereocenters. The number of nitrogens with one attached hydrogen (secondary N) is 2. The van der Waals surface area contributed by atoms with Gasteiger partial charge < -0.3 is 24.8 Å². The molecule has 154 valence electrons. The number of halogens is 1. The van der Waals surface area contributed by atoms with Crippen LogP contribution in [0.25, 0.3) is 0 Å². The van der Waals surface area contributed by atoms with Crippen LogP contribution >= 0.6 is 24.0 Å². The second-order valence-corrected chi connectivity index (χ2v) is 6.81. The largest absolute Gasteiger partial charge is 0.496 e. The molecule has 0 aliphatic carbocycles. The lowest BCUT2D eigenvalue weighted by molar-refractivity contribution is -0.0828. The van der Waals surface area contributed by atoms with Crippen LogP contribution in [0.1, 0.15) is 43.9 Å². The van der Waals surface area contributed by atoms with Crippen molar-refractivity contribution in [3.63, 3.8) is 0 Å². The fraction of sp³-hybridized carbons (Fsp3) is 0.650. The van der Waals surface area contributed by atoms with Gasteiger partial charge in [0, 0.05) is 45.3 Å². The zero-order chi connectivity index (χ0) is 19.0. The summed E-state index contributed by atoms with van der Waals surface area (Å²) in [6.45, 7) is 9.13. The molecule has 0 aromatic heterocycles. The molecule has 2 rings (SSSR count). The third-order valence-electron chi connectivity index (χ3n) is 4.91. The molecule has 1 unspecified atom stereocenters. The van der Waals surface area contributed by atoms with Crippen molar-refractivity contribution in [3.8, 4) is 5.75 Å². The molecule has 27 heavy (non-hydrogen) atoms. The highest BCUT2D eigenvalue weighted by Crippen LogP contribution is 2.27. The molecule has 0 radical (unpaired) electrons. The van der Waals surface area contributed by atoms with E-state index in [2.05, 4.69) is 43.5 Å². The number of ether oxygens (including phenoxy) is 3. The molecule has 1 saturated heterocycles. The molecular weight excluding hydrogens is 457 g/mol. The van der Waals surface area contributed by atoms with E-state index in [9.17, 15) is 0 Å². The first-order valence-corrected chi connectivity index (χ1v) is 9.36. The lowest BCUT2D eigenvalue weighted by atomic mass is 9.94. The van der Waals surface area contributed by atoms with E-state index in [1.54, 1.807) is 14.2 Å². The number of aliphatic imine (C=N–C) groups is 1. The Labute approximate surface area is 180 Å². The Morgan fingerprint density at radius 2 is 2.00 bits per heavy atom. The van der Waals surface area contributed by atoms with E-state index in [1.165, 1.54) is 5.56 Å². The zero-order valence-electron chi connectivity index (χ0n) is 17.1. The SMILES string of the molecule is CCNC(=NCC1(OC)CCOCC1)NC(C)c1cc(C)ccc1OC.I. The van der Waals surface area contributed by atoms with Gasteiger partial charge in [-0.3, -0.25) is 4.99 Å². The van der Waals surface area contributed by atoms with Gasteiger partial charge in [-0.15, -0.1) is 24.0 Å². The number of rotatable bonds is 7. The summed E-state index contributed by atoms with van der Waals surface area (Å²) < 4.78 is 16.8. The van der Waals surface area contributed by atoms with Crippen molar-refractivity contribution in [2.24, 2.45) is 4.99 Å². The summed E-state index contributed by atoms with van der Waals surface area (Å²) in [6.07, 6.45) is 1.74. The van der Waals surface area contributed by atoms with Crippen LogP contribution in [0.2, 0.25) is 0 Å². The van der Waals surface area contributed by atoms with Gasteiger partial charge in [0.2, 0.25) is 0 Å². The van der Waals surface area contributed by atoms with E-state index in [0.29, 0.717) is 6.54 Å². The van der Waals surface area contributed by atoms with E-state index in [1.807, 2.05) is 6.07 Å². The van der Waals surface area contributed by atoms with Crippen LogP contribution in [0.3, 0.4) is 0 Å². The number of aryl methyl sites for hydroxylation is 1. The molecular formula is C20H34IN3O3. The van der Waals surface area contributed by atoms with Crippen molar-refractivity contribution in [1.82, 2.24) is 10.6 Å². The zero-order valence-corrected chi connectivity index (χ0v) is 19.5. The first kappa shape index (κ1) is 24.0. The van der Waals surface area contributed by atoms with Crippen molar-refractivity contribution in [3.05, 3.63) is 29.3 Å². The molecule has 6 nitrogen and oxygen atoms in total. The lowest BCUT2D eigenvalue weighted by Crippen LogP contribution is -2.44. The summed E-state index contributed by atoms with van der Waals surface area (Å²) in [5.74, 6) is 1.66. The Bertz CT molecular complexity index is 604. The summed E-state index contributed by atoms with van der Waals surface area (Å²) in [6, 6.07) is 6.28. The highest BCUT2D eigenvalue weighted by Gasteiger charge is 2.32. The normalized spacial score (nSPS) is 17.6. The van der Waals surface area contributed by atoms with E-state index < -0.39 is 0 Å². The highest BCUT2D eigenvalue weighted by atomic mass is 127. The van der Waals surface area contributed by atoms with Crippen molar-refractivity contribution in [2.45, 2.75) is 45.3 Å². The quantitative estimate of drug-likeness (QED) is 0.348. The molecule has 0 amide bonds. The molecule has 1 aromatic carbocycles. The van der Waals surface area contributed by atoms with Crippen LogP contribution in [-0.4, -0.2) is 52.1 Å². The minimum Gasteiger partial charge on any atom is -0.496 e. The summed E-state index contributed by atoms with van der Waals surface area (Å²) in [4.78, 5) is 4.80. The van der Waals surface area contributed by atoms with Gasteiger partial charge in [0.25, 0.3) is 0 Å². The van der Waals surface area contributed by atoms with Crippen molar-refractivity contribution < 1.29 is 14.2 Å². The van der Waals surface area contributed by atoms with Gasteiger partial charge in [0.1, 0.15) is 5.75 Å². The van der Waals surface area contributed by atoms with E-state index in [-0.39, 0.29) is 35.6 Å². The molecule has 0 bridgehead atoms. The van der Waals surface area contributed by atoms with Crippen LogP contribution in [-0.2, 0) is 9.47 Å². The Balaban J connectivity index is 0.00000364. The Hall–Kier alpha value is -1.06. The number of nitrogens with zero attached hydrogens (tertiary/aromatic N) is 1. The van der Waals surface area contributed by atoms with Crippen LogP contribution < -0.4 is 15.4 Å². The van der Waals surface area contributed by atoms with Crippen LogP contribution in [0, 0.1) is 6.92 Å². The Kier molecular flexibility index (Phi) is 10.4. The number of methoxy groups -OCH3 is 2. The Morgan fingerprint density at radius 1 is 1.30 bits per heavy atom. The summed E-state index contributed by atoms with van der Waals surface area (Å²) >= 11 is 0. The predicted molar refractivity (Wildman–Crippen MR) is 120 cm³/mol. The highest BCUT2D eigenvalue weighted by molar-refractivity contribution is 14.0.